The molecule has 0 aliphatic carbocycles. The van der Waals surface area contributed by atoms with Crippen LogP contribution in [-0.2, 0) is 0 Å². The molecule has 1 unspecified atom stereocenters. The Labute approximate surface area is 108 Å². The van der Waals surface area contributed by atoms with E-state index in [0.29, 0.717) is 6.07 Å². The van der Waals surface area contributed by atoms with E-state index < -0.39 is 23.5 Å². The van der Waals surface area contributed by atoms with Crippen molar-refractivity contribution in [3.8, 4) is 11.5 Å². The van der Waals surface area contributed by atoms with Gasteiger partial charge in [0.1, 0.15) is 17.4 Å². The number of ether oxygens (including phenoxy) is 1. The molecule has 0 fully saturated rings. The van der Waals surface area contributed by atoms with Gasteiger partial charge in [-0.05, 0) is 31.2 Å². The molecule has 0 aromatic heterocycles. The second-order valence-electron chi connectivity index (χ2n) is 4.12. The van der Waals surface area contributed by atoms with Gasteiger partial charge < -0.3 is 10.5 Å². The molecule has 2 nitrogen and oxygen atoms in total. The van der Waals surface area contributed by atoms with Gasteiger partial charge in [0.15, 0.2) is 11.6 Å². The number of nitrogens with two attached hydrogens (primary N) is 1. The van der Waals surface area contributed by atoms with Gasteiger partial charge >= 0.3 is 0 Å². The highest BCUT2D eigenvalue weighted by molar-refractivity contribution is 5.40. The summed E-state index contributed by atoms with van der Waals surface area (Å²) >= 11 is 0. The highest BCUT2D eigenvalue weighted by atomic mass is 19.1. The van der Waals surface area contributed by atoms with Crippen molar-refractivity contribution < 1.29 is 17.9 Å². The third-order valence-electron chi connectivity index (χ3n) is 2.58. The van der Waals surface area contributed by atoms with E-state index in [-0.39, 0.29) is 17.1 Å². The van der Waals surface area contributed by atoms with Gasteiger partial charge in [-0.2, -0.15) is 0 Å². The van der Waals surface area contributed by atoms with Crippen molar-refractivity contribution in [1.82, 2.24) is 0 Å². The monoisotopic (exact) mass is 267 g/mol. The highest BCUT2D eigenvalue weighted by Crippen LogP contribution is 2.32. The molecular formula is C14H12F3NO. The molecule has 0 saturated carbocycles. The Morgan fingerprint density at radius 1 is 1.00 bits per heavy atom. The van der Waals surface area contributed by atoms with Gasteiger partial charge in [0.25, 0.3) is 0 Å². The summed E-state index contributed by atoms with van der Waals surface area (Å²) in [6.07, 6.45) is 0. The van der Waals surface area contributed by atoms with E-state index in [0.717, 1.165) is 12.1 Å². The van der Waals surface area contributed by atoms with Crippen LogP contribution < -0.4 is 10.5 Å². The van der Waals surface area contributed by atoms with Crippen LogP contribution in [0, 0.1) is 17.5 Å². The van der Waals surface area contributed by atoms with E-state index in [4.69, 9.17) is 10.5 Å². The third-order valence-corrected chi connectivity index (χ3v) is 2.58. The molecule has 0 radical (unpaired) electrons. The summed E-state index contributed by atoms with van der Waals surface area (Å²) < 4.78 is 45.2. The minimum atomic E-state index is -0.861. The summed E-state index contributed by atoms with van der Waals surface area (Å²) in [5.41, 5.74) is 5.80. The zero-order valence-electron chi connectivity index (χ0n) is 10.2. The van der Waals surface area contributed by atoms with E-state index in [1.165, 1.54) is 18.2 Å². The Morgan fingerprint density at radius 2 is 1.74 bits per heavy atom. The second kappa shape index (κ2) is 5.32. The van der Waals surface area contributed by atoms with Crippen LogP contribution in [0.5, 0.6) is 11.5 Å². The Balaban J connectivity index is 2.41. The molecule has 19 heavy (non-hydrogen) atoms. The van der Waals surface area contributed by atoms with Gasteiger partial charge in [-0.25, -0.2) is 13.2 Å². The highest BCUT2D eigenvalue weighted by Gasteiger charge is 2.15. The average Bonchev–Trinajstić information content (AvgIpc) is 2.32. The molecule has 0 spiro atoms. The molecule has 0 aliphatic rings. The van der Waals surface area contributed by atoms with Crippen LogP contribution in [0.3, 0.4) is 0 Å². The molecule has 0 saturated heterocycles. The fraction of sp³-hybridized carbons (Fsp3) is 0.143. The molecule has 2 aromatic carbocycles. The number of rotatable bonds is 3. The van der Waals surface area contributed by atoms with Gasteiger partial charge in [0.2, 0.25) is 0 Å². The molecular weight excluding hydrogens is 255 g/mol. The van der Waals surface area contributed by atoms with Crippen LogP contribution in [0.2, 0.25) is 0 Å². The molecule has 5 heteroatoms. The maximum Gasteiger partial charge on any atom is 0.168 e. The largest absolute Gasteiger partial charge is 0.454 e. The molecule has 0 bridgehead atoms. The summed E-state index contributed by atoms with van der Waals surface area (Å²) in [5, 5.41) is 0. The van der Waals surface area contributed by atoms with Gasteiger partial charge in [0, 0.05) is 17.7 Å². The minimum Gasteiger partial charge on any atom is -0.454 e. The van der Waals surface area contributed by atoms with Gasteiger partial charge in [-0.3, -0.25) is 0 Å². The molecule has 0 amide bonds. The summed E-state index contributed by atoms with van der Waals surface area (Å²) in [4.78, 5) is 0. The first-order valence-electron chi connectivity index (χ1n) is 5.66. The first-order valence-corrected chi connectivity index (χ1v) is 5.66. The van der Waals surface area contributed by atoms with Crippen molar-refractivity contribution in [2.75, 3.05) is 0 Å². The van der Waals surface area contributed by atoms with Crippen LogP contribution in [-0.4, -0.2) is 0 Å². The quantitative estimate of drug-likeness (QED) is 0.914. The third kappa shape index (κ3) is 2.88. The summed E-state index contributed by atoms with van der Waals surface area (Å²) in [7, 11) is 0. The van der Waals surface area contributed by atoms with Crippen molar-refractivity contribution in [1.29, 1.82) is 0 Å². The number of halogens is 3. The number of benzene rings is 2. The van der Waals surface area contributed by atoms with E-state index in [9.17, 15) is 13.2 Å². The normalized spacial score (nSPS) is 12.3. The van der Waals surface area contributed by atoms with Crippen LogP contribution in [0.15, 0.2) is 36.4 Å². The maximum absolute atomic E-state index is 13.7. The first kappa shape index (κ1) is 13.4. The molecule has 100 valence electrons. The fourth-order valence-electron chi connectivity index (χ4n) is 1.72. The lowest BCUT2D eigenvalue weighted by atomic mass is 10.1. The Bertz CT molecular complexity index is 599. The fourth-order valence-corrected chi connectivity index (χ4v) is 1.72. The van der Waals surface area contributed by atoms with E-state index in [1.807, 2.05) is 0 Å². The summed E-state index contributed by atoms with van der Waals surface area (Å²) in [6, 6.07) is 6.43. The zero-order chi connectivity index (χ0) is 14.0. The van der Waals surface area contributed by atoms with E-state index in [1.54, 1.807) is 6.92 Å². The molecule has 0 aliphatic heterocycles. The lowest BCUT2D eigenvalue weighted by Crippen LogP contribution is -2.09. The van der Waals surface area contributed by atoms with Crippen molar-refractivity contribution in [3.63, 3.8) is 0 Å². The van der Waals surface area contributed by atoms with Gasteiger partial charge in [0.05, 0.1) is 0 Å². The predicted molar refractivity (Wildman–Crippen MR) is 65.4 cm³/mol. The van der Waals surface area contributed by atoms with Crippen molar-refractivity contribution in [3.05, 3.63) is 59.4 Å². The molecule has 2 rings (SSSR count). The van der Waals surface area contributed by atoms with Crippen molar-refractivity contribution in [2.45, 2.75) is 13.0 Å². The number of hydrogen-bond donors (Lipinski definition) is 1. The smallest absolute Gasteiger partial charge is 0.168 e. The lowest BCUT2D eigenvalue weighted by molar-refractivity contribution is 0.425. The molecule has 2 N–H and O–H groups in total. The summed E-state index contributed by atoms with van der Waals surface area (Å²) in [5.74, 6) is -2.18. The average molecular weight is 267 g/mol. The van der Waals surface area contributed by atoms with E-state index in [2.05, 4.69) is 0 Å². The molecule has 0 heterocycles. The molecule has 1 atom stereocenters. The summed E-state index contributed by atoms with van der Waals surface area (Å²) in [6.45, 7) is 1.59. The Morgan fingerprint density at radius 3 is 2.37 bits per heavy atom. The van der Waals surface area contributed by atoms with Gasteiger partial charge in [-0.1, -0.05) is 6.07 Å². The van der Waals surface area contributed by atoms with Crippen molar-refractivity contribution in [2.24, 2.45) is 5.73 Å². The lowest BCUT2D eigenvalue weighted by Gasteiger charge is -2.14. The van der Waals surface area contributed by atoms with E-state index >= 15 is 0 Å². The SMILES string of the molecule is CC(N)c1c(F)cccc1Oc1ccc(F)cc1F. The molecule has 2 aromatic rings. The van der Waals surface area contributed by atoms with Gasteiger partial charge in [-0.15, -0.1) is 0 Å². The standard InChI is InChI=1S/C14H12F3NO/c1-8(18)14-10(16)3-2-4-13(14)19-12-6-5-9(15)7-11(12)17/h2-8H,18H2,1H3. The van der Waals surface area contributed by atoms with Crippen molar-refractivity contribution >= 4 is 0 Å². The van der Waals surface area contributed by atoms with Crippen LogP contribution in [0.4, 0.5) is 13.2 Å². The Hall–Kier alpha value is -2.01. The van der Waals surface area contributed by atoms with Crippen LogP contribution in [0.1, 0.15) is 18.5 Å². The number of hydrogen-bond acceptors (Lipinski definition) is 2. The predicted octanol–water partition coefficient (Wildman–Crippen LogP) is 3.92. The topological polar surface area (TPSA) is 35.2 Å². The second-order valence-corrected chi connectivity index (χ2v) is 4.12. The minimum absolute atomic E-state index is 0.112. The maximum atomic E-state index is 13.7. The van der Waals surface area contributed by atoms with Crippen LogP contribution >= 0.6 is 0 Å². The van der Waals surface area contributed by atoms with Crippen LogP contribution in [0.25, 0.3) is 0 Å². The Kier molecular flexibility index (Phi) is 3.76. The zero-order valence-corrected chi connectivity index (χ0v) is 10.2. The first-order chi connectivity index (χ1) is 8.99.